The normalized spacial score (nSPS) is 14.4. The van der Waals surface area contributed by atoms with E-state index in [0.717, 1.165) is 18.5 Å². The van der Waals surface area contributed by atoms with E-state index in [-0.39, 0.29) is 12.5 Å². The molecule has 0 unspecified atom stereocenters. The Morgan fingerprint density at radius 3 is 2.53 bits per heavy atom. The van der Waals surface area contributed by atoms with Crippen molar-refractivity contribution >= 4 is 17.6 Å². The van der Waals surface area contributed by atoms with Gasteiger partial charge in [-0.1, -0.05) is 18.2 Å². The van der Waals surface area contributed by atoms with Gasteiger partial charge in [0.15, 0.2) is 0 Å². The molecule has 1 aliphatic carbocycles. The first kappa shape index (κ1) is 13.5. The van der Waals surface area contributed by atoms with Crippen molar-refractivity contribution in [3.8, 4) is 0 Å². The number of carbonyl (C=O) groups excluding carboxylic acids is 1. The molecule has 0 atom stereocenters. The Bertz CT molecular complexity index is 443. The van der Waals surface area contributed by atoms with Gasteiger partial charge in [-0.2, -0.15) is 0 Å². The number of para-hydroxylation sites is 1. The first-order valence-corrected chi connectivity index (χ1v) is 6.46. The van der Waals surface area contributed by atoms with E-state index >= 15 is 0 Å². The molecule has 2 N–H and O–H groups in total. The highest BCUT2D eigenvalue weighted by Gasteiger charge is 2.30. The lowest BCUT2D eigenvalue weighted by Gasteiger charge is -2.19. The molecular formula is C14H18N2O3. The number of amides is 1. The Kier molecular flexibility index (Phi) is 4.52. The van der Waals surface area contributed by atoms with Crippen LogP contribution in [0.5, 0.6) is 0 Å². The van der Waals surface area contributed by atoms with E-state index in [9.17, 15) is 9.59 Å². The van der Waals surface area contributed by atoms with Crippen molar-refractivity contribution in [3.63, 3.8) is 0 Å². The summed E-state index contributed by atoms with van der Waals surface area (Å²) in [7, 11) is 0. The fourth-order valence-electron chi connectivity index (χ4n) is 1.99. The Hall–Kier alpha value is -1.88. The lowest BCUT2D eigenvalue weighted by Crippen LogP contribution is -2.34. The molecule has 0 aliphatic heterocycles. The van der Waals surface area contributed by atoms with Crippen molar-refractivity contribution in [1.82, 2.24) is 4.90 Å². The number of anilines is 1. The molecule has 19 heavy (non-hydrogen) atoms. The van der Waals surface area contributed by atoms with Gasteiger partial charge < -0.3 is 10.4 Å². The zero-order valence-electron chi connectivity index (χ0n) is 10.7. The SMILES string of the molecule is O=C(O)CN(CCC(=O)Nc1ccccc1)C1CC1. The summed E-state index contributed by atoms with van der Waals surface area (Å²) in [5.74, 6) is -0.919. The summed E-state index contributed by atoms with van der Waals surface area (Å²) in [4.78, 5) is 24.4. The van der Waals surface area contributed by atoms with E-state index in [0.29, 0.717) is 19.0 Å². The number of hydrogen-bond donors (Lipinski definition) is 2. The Labute approximate surface area is 112 Å². The minimum atomic E-state index is -0.838. The largest absolute Gasteiger partial charge is 0.480 e. The van der Waals surface area contributed by atoms with E-state index in [2.05, 4.69) is 5.32 Å². The number of benzene rings is 1. The van der Waals surface area contributed by atoms with Gasteiger partial charge in [-0.15, -0.1) is 0 Å². The minimum Gasteiger partial charge on any atom is -0.480 e. The molecule has 0 spiro atoms. The van der Waals surface area contributed by atoms with E-state index in [4.69, 9.17) is 5.11 Å². The molecule has 2 rings (SSSR count). The summed E-state index contributed by atoms with van der Waals surface area (Å²) >= 11 is 0. The van der Waals surface area contributed by atoms with Gasteiger partial charge in [0.05, 0.1) is 6.54 Å². The van der Waals surface area contributed by atoms with E-state index in [1.54, 1.807) is 0 Å². The predicted molar refractivity (Wildman–Crippen MR) is 71.9 cm³/mol. The summed E-state index contributed by atoms with van der Waals surface area (Å²) < 4.78 is 0. The zero-order chi connectivity index (χ0) is 13.7. The lowest BCUT2D eigenvalue weighted by molar-refractivity contribution is -0.138. The third-order valence-electron chi connectivity index (χ3n) is 3.09. The number of rotatable bonds is 7. The summed E-state index contributed by atoms with van der Waals surface area (Å²) in [6.07, 6.45) is 2.39. The van der Waals surface area contributed by atoms with Crippen LogP contribution in [-0.4, -0.2) is 41.0 Å². The van der Waals surface area contributed by atoms with Crippen LogP contribution in [0.25, 0.3) is 0 Å². The molecule has 1 amide bonds. The highest BCUT2D eigenvalue weighted by Crippen LogP contribution is 2.26. The van der Waals surface area contributed by atoms with Crippen molar-refractivity contribution in [3.05, 3.63) is 30.3 Å². The molecule has 102 valence electrons. The molecule has 0 radical (unpaired) electrons. The highest BCUT2D eigenvalue weighted by molar-refractivity contribution is 5.90. The molecule has 1 aliphatic rings. The van der Waals surface area contributed by atoms with Crippen LogP contribution in [0.1, 0.15) is 19.3 Å². The van der Waals surface area contributed by atoms with Gasteiger partial charge in [-0.05, 0) is 25.0 Å². The first-order valence-electron chi connectivity index (χ1n) is 6.46. The number of carboxylic acids is 1. The number of nitrogens with one attached hydrogen (secondary N) is 1. The smallest absolute Gasteiger partial charge is 0.317 e. The van der Waals surface area contributed by atoms with Gasteiger partial charge >= 0.3 is 5.97 Å². The number of hydrogen-bond acceptors (Lipinski definition) is 3. The third kappa shape index (κ3) is 4.71. The van der Waals surface area contributed by atoms with Gasteiger partial charge in [0.1, 0.15) is 0 Å². The molecule has 0 aromatic heterocycles. The molecule has 0 saturated heterocycles. The van der Waals surface area contributed by atoms with Gasteiger partial charge in [-0.3, -0.25) is 14.5 Å². The number of carboxylic acid groups (broad SMARTS) is 1. The lowest BCUT2D eigenvalue weighted by atomic mass is 10.3. The van der Waals surface area contributed by atoms with Crippen molar-refractivity contribution in [2.45, 2.75) is 25.3 Å². The molecular weight excluding hydrogens is 244 g/mol. The molecule has 1 fully saturated rings. The molecule has 1 aromatic rings. The highest BCUT2D eigenvalue weighted by atomic mass is 16.4. The van der Waals surface area contributed by atoms with Crippen LogP contribution in [0, 0.1) is 0 Å². The van der Waals surface area contributed by atoms with Crippen LogP contribution in [0.4, 0.5) is 5.69 Å². The monoisotopic (exact) mass is 262 g/mol. The topological polar surface area (TPSA) is 69.6 Å². The third-order valence-corrected chi connectivity index (χ3v) is 3.09. The molecule has 5 nitrogen and oxygen atoms in total. The minimum absolute atomic E-state index is 0.0171. The van der Waals surface area contributed by atoms with Gasteiger partial charge in [0.25, 0.3) is 0 Å². The second-order valence-electron chi connectivity index (χ2n) is 4.76. The quantitative estimate of drug-likeness (QED) is 0.782. The van der Waals surface area contributed by atoms with Crippen molar-refractivity contribution in [2.24, 2.45) is 0 Å². The van der Waals surface area contributed by atoms with Crippen LogP contribution < -0.4 is 5.32 Å². The molecule has 0 heterocycles. The maximum atomic E-state index is 11.8. The van der Waals surface area contributed by atoms with Crippen molar-refractivity contribution in [1.29, 1.82) is 0 Å². The maximum absolute atomic E-state index is 11.8. The molecule has 5 heteroatoms. The van der Waals surface area contributed by atoms with Gasteiger partial charge in [-0.25, -0.2) is 0 Å². The Morgan fingerprint density at radius 2 is 1.95 bits per heavy atom. The molecule has 1 saturated carbocycles. The molecule has 1 aromatic carbocycles. The standard InChI is InChI=1S/C14H18N2O3/c17-13(15-11-4-2-1-3-5-11)8-9-16(10-14(18)19)12-6-7-12/h1-5,12H,6-10H2,(H,15,17)(H,18,19). The van der Waals surface area contributed by atoms with Crippen molar-refractivity contribution in [2.75, 3.05) is 18.4 Å². The number of carbonyl (C=O) groups is 2. The molecule has 0 bridgehead atoms. The van der Waals surface area contributed by atoms with E-state index in [1.807, 2.05) is 35.2 Å². The second-order valence-corrected chi connectivity index (χ2v) is 4.76. The van der Waals surface area contributed by atoms with Gasteiger partial charge in [0.2, 0.25) is 5.91 Å². The van der Waals surface area contributed by atoms with E-state index in [1.165, 1.54) is 0 Å². The summed E-state index contributed by atoms with van der Waals surface area (Å²) in [5, 5.41) is 11.6. The average molecular weight is 262 g/mol. The van der Waals surface area contributed by atoms with E-state index < -0.39 is 5.97 Å². The Morgan fingerprint density at radius 1 is 1.26 bits per heavy atom. The number of aliphatic carboxylic acids is 1. The fraction of sp³-hybridized carbons (Fsp3) is 0.429. The van der Waals surface area contributed by atoms with Gasteiger partial charge in [0, 0.05) is 24.7 Å². The van der Waals surface area contributed by atoms with Crippen LogP contribution in [0.2, 0.25) is 0 Å². The predicted octanol–water partition coefficient (Wildman–Crippen LogP) is 1.56. The summed E-state index contributed by atoms with van der Waals surface area (Å²) in [6, 6.07) is 9.60. The Balaban J connectivity index is 1.77. The first-order chi connectivity index (χ1) is 9.15. The van der Waals surface area contributed by atoms with Crippen molar-refractivity contribution < 1.29 is 14.7 Å². The van der Waals surface area contributed by atoms with Crippen LogP contribution in [0.3, 0.4) is 0 Å². The average Bonchev–Trinajstić information content (AvgIpc) is 3.19. The number of nitrogens with zero attached hydrogens (tertiary/aromatic N) is 1. The maximum Gasteiger partial charge on any atom is 0.317 e. The summed E-state index contributed by atoms with van der Waals surface area (Å²) in [6.45, 7) is 0.513. The van der Waals surface area contributed by atoms with Crippen LogP contribution in [0.15, 0.2) is 30.3 Å². The second kappa shape index (κ2) is 6.33. The fourth-order valence-corrected chi connectivity index (χ4v) is 1.99. The zero-order valence-corrected chi connectivity index (χ0v) is 10.7. The summed E-state index contributed by atoms with van der Waals surface area (Å²) in [5.41, 5.74) is 0.767. The van der Waals surface area contributed by atoms with Crippen LogP contribution >= 0.6 is 0 Å². The van der Waals surface area contributed by atoms with Crippen LogP contribution in [-0.2, 0) is 9.59 Å².